The van der Waals surface area contributed by atoms with E-state index in [0.717, 1.165) is 36.0 Å². The van der Waals surface area contributed by atoms with E-state index in [0.29, 0.717) is 18.8 Å². The molecule has 0 spiro atoms. The van der Waals surface area contributed by atoms with Crippen LogP contribution in [0.15, 0.2) is 54.6 Å². The van der Waals surface area contributed by atoms with Gasteiger partial charge in [0.2, 0.25) is 0 Å². The van der Waals surface area contributed by atoms with Gasteiger partial charge in [-0.15, -0.1) is 0 Å². The Morgan fingerprint density at radius 2 is 1.68 bits per heavy atom. The Bertz CT molecular complexity index is 917. The Labute approximate surface area is 204 Å². The summed E-state index contributed by atoms with van der Waals surface area (Å²) in [4.78, 5) is 25.0. The number of hydrogen-bond acceptors (Lipinski definition) is 4. The Morgan fingerprint density at radius 1 is 1.00 bits per heavy atom. The van der Waals surface area contributed by atoms with Gasteiger partial charge in [0.15, 0.2) is 0 Å². The van der Waals surface area contributed by atoms with E-state index in [2.05, 4.69) is 48.6 Å². The largest absolute Gasteiger partial charge is 0.462 e. The third-order valence-electron chi connectivity index (χ3n) is 6.15. The molecule has 3 unspecified atom stereocenters. The van der Waals surface area contributed by atoms with E-state index in [1.54, 1.807) is 0 Å². The number of carbonyl (C=O) groups excluding carboxylic acids is 2. The van der Waals surface area contributed by atoms with Gasteiger partial charge >= 0.3 is 12.1 Å². The molecule has 1 N–H and O–H groups in total. The second kappa shape index (κ2) is 12.0. The molecule has 3 rings (SSSR count). The number of hydrogen-bond donors (Lipinski definition) is 1. The first-order chi connectivity index (χ1) is 16.2. The summed E-state index contributed by atoms with van der Waals surface area (Å²) in [6.07, 6.45) is 5.16. The van der Waals surface area contributed by atoms with Crippen LogP contribution in [0.25, 0.3) is 11.1 Å². The molecule has 0 aliphatic heterocycles. The molecule has 2 aromatic carbocycles. The summed E-state index contributed by atoms with van der Waals surface area (Å²) in [6.45, 7) is 7.73. The van der Waals surface area contributed by atoms with E-state index in [1.165, 1.54) is 6.42 Å². The highest BCUT2D eigenvalue weighted by Gasteiger charge is 2.24. The van der Waals surface area contributed by atoms with Crippen molar-refractivity contribution in [3.05, 3.63) is 60.2 Å². The highest BCUT2D eigenvalue weighted by atomic mass is 16.6. The summed E-state index contributed by atoms with van der Waals surface area (Å²) < 4.78 is 11.2. The van der Waals surface area contributed by atoms with Gasteiger partial charge in [0.05, 0.1) is 0 Å². The average Bonchev–Trinajstić information content (AvgIpc) is 2.77. The van der Waals surface area contributed by atoms with Crippen molar-refractivity contribution in [2.45, 2.75) is 90.4 Å². The van der Waals surface area contributed by atoms with Crippen molar-refractivity contribution < 1.29 is 19.1 Å². The zero-order valence-electron chi connectivity index (χ0n) is 21.0. The molecule has 1 saturated carbocycles. The first-order valence-corrected chi connectivity index (χ1v) is 12.5. The first kappa shape index (κ1) is 25.8. The molecule has 1 amide bonds. The van der Waals surface area contributed by atoms with Crippen molar-refractivity contribution in [1.29, 1.82) is 0 Å². The van der Waals surface area contributed by atoms with Gasteiger partial charge in [-0.1, -0.05) is 67.9 Å². The minimum absolute atomic E-state index is 0.0269. The van der Waals surface area contributed by atoms with Gasteiger partial charge in [-0.3, -0.25) is 4.79 Å². The maximum Gasteiger partial charge on any atom is 0.407 e. The van der Waals surface area contributed by atoms with Crippen LogP contribution >= 0.6 is 0 Å². The fourth-order valence-electron chi connectivity index (χ4n) is 4.47. The van der Waals surface area contributed by atoms with Crippen molar-refractivity contribution in [2.24, 2.45) is 5.92 Å². The monoisotopic (exact) mass is 465 g/mol. The van der Waals surface area contributed by atoms with Crippen LogP contribution in [0, 0.1) is 5.92 Å². The summed E-state index contributed by atoms with van der Waals surface area (Å²) in [5.41, 5.74) is 2.82. The van der Waals surface area contributed by atoms with Crippen LogP contribution in [0.3, 0.4) is 0 Å². The molecule has 1 fully saturated rings. The molecule has 1 aliphatic rings. The molecule has 3 atom stereocenters. The highest BCUT2D eigenvalue weighted by molar-refractivity contribution is 5.70. The van der Waals surface area contributed by atoms with Crippen molar-refractivity contribution in [2.75, 3.05) is 0 Å². The first-order valence-electron chi connectivity index (χ1n) is 12.5. The minimum Gasteiger partial charge on any atom is -0.462 e. The Balaban J connectivity index is 1.60. The lowest BCUT2D eigenvalue weighted by atomic mass is 9.89. The van der Waals surface area contributed by atoms with E-state index < -0.39 is 11.7 Å². The van der Waals surface area contributed by atoms with Crippen LogP contribution in [0.5, 0.6) is 0 Å². The van der Waals surface area contributed by atoms with Crippen LogP contribution < -0.4 is 5.32 Å². The summed E-state index contributed by atoms with van der Waals surface area (Å²) >= 11 is 0. The molecule has 184 valence electrons. The number of carbonyl (C=O) groups is 2. The third-order valence-corrected chi connectivity index (χ3v) is 6.15. The van der Waals surface area contributed by atoms with Crippen LogP contribution in [-0.4, -0.2) is 29.8 Å². The average molecular weight is 466 g/mol. The highest BCUT2D eigenvalue weighted by Crippen LogP contribution is 2.26. The zero-order valence-corrected chi connectivity index (χ0v) is 21.0. The Morgan fingerprint density at radius 3 is 2.32 bits per heavy atom. The van der Waals surface area contributed by atoms with Crippen LogP contribution in [0.1, 0.15) is 71.8 Å². The summed E-state index contributed by atoms with van der Waals surface area (Å²) in [5.74, 6) is 0.418. The number of esters is 1. The number of ether oxygens (including phenoxy) is 2. The van der Waals surface area contributed by atoms with Crippen LogP contribution in [0.4, 0.5) is 4.79 Å². The number of benzene rings is 2. The van der Waals surface area contributed by atoms with E-state index in [4.69, 9.17) is 9.47 Å². The second-order valence-corrected chi connectivity index (χ2v) is 10.5. The summed E-state index contributed by atoms with van der Waals surface area (Å²) in [5, 5.41) is 2.97. The smallest absolute Gasteiger partial charge is 0.407 e. The van der Waals surface area contributed by atoms with Gasteiger partial charge in [0.1, 0.15) is 11.7 Å². The number of rotatable bonds is 8. The van der Waals surface area contributed by atoms with Gasteiger partial charge in [-0.2, -0.15) is 0 Å². The molecule has 34 heavy (non-hydrogen) atoms. The van der Waals surface area contributed by atoms with Gasteiger partial charge < -0.3 is 14.8 Å². The molecular weight excluding hydrogens is 426 g/mol. The number of alkyl carbamates (subject to hydrolysis) is 1. The second-order valence-electron chi connectivity index (χ2n) is 10.5. The Hall–Kier alpha value is -2.82. The molecule has 0 heterocycles. The van der Waals surface area contributed by atoms with Crippen molar-refractivity contribution in [1.82, 2.24) is 5.32 Å². The topological polar surface area (TPSA) is 64.6 Å². The van der Waals surface area contributed by atoms with E-state index >= 15 is 0 Å². The molecule has 5 nitrogen and oxygen atoms in total. The molecule has 1 aliphatic carbocycles. The van der Waals surface area contributed by atoms with Gasteiger partial charge in [0.25, 0.3) is 0 Å². The molecule has 0 bridgehead atoms. The molecule has 5 heteroatoms. The van der Waals surface area contributed by atoms with Crippen molar-refractivity contribution >= 4 is 12.1 Å². The van der Waals surface area contributed by atoms with Gasteiger partial charge in [0, 0.05) is 12.5 Å². The third kappa shape index (κ3) is 8.85. The fourth-order valence-corrected chi connectivity index (χ4v) is 4.47. The van der Waals surface area contributed by atoms with Crippen molar-refractivity contribution in [3.63, 3.8) is 0 Å². The quantitative estimate of drug-likeness (QED) is 0.441. The molecular formula is C29H39NO4. The number of nitrogens with one attached hydrogen (secondary N) is 1. The standard InChI is InChI=1S/C29H39NO4/c1-21-9-8-12-26(19-21)33-27(31)18-17-25(30-28(32)34-29(2,3)4)20-22-13-15-24(16-14-22)23-10-6-5-7-11-23/h5-7,10-11,13-16,21,25-26H,8-9,12,17-20H2,1-4H3,(H,30,32). The lowest BCUT2D eigenvalue weighted by Crippen LogP contribution is -2.40. The van der Waals surface area contributed by atoms with E-state index in [-0.39, 0.29) is 24.5 Å². The Kier molecular flexibility index (Phi) is 9.14. The SMILES string of the molecule is CC1CCCC(OC(=O)CCC(Cc2ccc(-c3ccccc3)cc2)NC(=O)OC(C)(C)C)C1. The van der Waals surface area contributed by atoms with Gasteiger partial charge in [-0.25, -0.2) is 4.79 Å². The van der Waals surface area contributed by atoms with Crippen LogP contribution in [0.2, 0.25) is 0 Å². The van der Waals surface area contributed by atoms with E-state index in [1.807, 2.05) is 39.0 Å². The minimum atomic E-state index is -0.581. The van der Waals surface area contributed by atoms with Crippen LogP contribution in [-0.2, 0) is 20.7 Å². The maximum atomic E-state index is 12.5. The predicted molar refractivity (Wildman–Crippen MR) is 135 cm³/mol. The molecule has 0 radical (unpaired) electrons. The summed E-state index contributed by atoms with van der Waals surface area (Å²) in [7, 11) is 0. The molecule has 0 aromatic heterocycles. The summed E-state index contributed by atoms with van der Waals surface area (Å²) in [6, 6.07) is 18.3. The zero-order chi connectivity index (χ0) is 24.6. The number of amides is 1. The molecule has 2 aromatic rings. The predicted octanol–water partition coefficient (Wildman–Crippen LogP) is 6.69. The normalized spacial score (nSPS) is 19.2. The molecule has 0 saturated heterocycles. The fraction of sp³-hybridized carbons (Fsp3) is 0.517. The lowest BCUT2D eigenvalue weighted by molar-refractivity contribution is -0.151. The van der Waals surface area contributed by atoms with Gasteiger partial charge in [-0.05, 0) is 75.5 Å². The maximum absolute atomic E-state index is 12.5. The van der Waals surface area contributed by atoms with Crippen molar-refractivity contribution in [3.8, 4) is 11.1 Å². The lowest BCUT2D eigenvalue weighted by Gasteiger charge is -2.27. The van der Waals surface area contributed by atoms with E-state index in [9.17, 15) is 9.59 Å².